The normalized spacial score (nSPS) is 12.7. The minimum Gasteiger partial charge on any atom is -0.305 e. The smallest absolute Gasteiger partial charge is 0.170 e. The number of nitrogens with one attached hydrogen (secondary N) is 1. The van der Waals surface area contributed by atoms with E-state index in [-0.39, 0.29) is 11.0 Å². The molecule has 2 rings (SSSR count). The Kier molecular flexibility index (Phi) is 4.14. The van der Waals surface area contributed by atoms with Crippen molar-refractivity contribution in [3.05, 3.63) is 35.7 Å². The maximum atomic E-state index is 4.11. The Morgan fingerprint density at radius 3 is 2.14 bits per heavy atom. The molecule has 0 radical (unpaired) electrons. The molecule has 5 heteroatoms. The fourth-order valence-electron chi connectivity index (χ4n) is 1.96. The molecule has 0 fully saturated rings. The maximum Gasteiger partial charge on any atom is 0.170 e. The lowest BCUT2D eigenvalue weighted by molar-refractivity contribution is 0.415. The summed E-state index contributed by atoms with van der Waals surface area (Å²) in [5.41, 5.74) is 2.47. The molecule has 0 unspecified atom stereocenters. The van der Waals surface area contributed by atoms with Crippen LogP contribution in [0.1, 0.15) is 52.9 Å². The largest absolute Gasteiger partial charge is 0.305 e. The van der Waals surface area contributed by atoms with E-state index in [1.54, 1.807) is 4.68 Å². The molecule has 1 heterocycles. The summed E-state index contributed by atoms with van der Waals surface area (Å²) in [7, 11) is 0. The van der Waals surface area contributed by atoms with Gasteiger partial charge in [0.15, 0.2) is 5.82 Å². The van der Waals surface area contributed by atoms with Gasteiger partial charge in [-0.05, 0) is 54.3 Å². The first kappa shape index (κ1) is 15.6. The SMILES string of the molecule is CC(C)(C)NCc1nnnn1-c1ccc(C(C)(C)C)cc1. The Bertz CT molecular complexity index is 584. The van der Waals surface area contributed by atoms with E-state index in [9.17, 15) is 0 Å². The zero-order valence-corrected chi connectivity index (χ0v) is 13.8. The van der Waals surface area contributed by atoms with Crippen LogP contribution in [-0.2, 0) is 12.0 Å². The molecule has 0 amide bonds. The molecule has 1 N–H and O–H groups in total. The number of hydrogen-bond acceptors (Lipinski definition) is 4. The molecule has 0 aliphatic rings. The quantitative estimate of drug-likeness (QED) is 0.943. The second-order valence-electron chi connectivity index (χ2n) is 7.41. The Hall–Kier alpha value is -1.75. The van der Waals surface area contributed by atoms with Crippen LogP contribution in [0.2, 0.25) is 0 Å². The van der Waals surface area contributed by atoms with E-state index in [0.29, 0.717) is 6.54 Å². The third-order valence-electron chi connectivity index (χ3n) is 3.29. The molecular formula is C16H25N5. The van der Waals surface area contributed by atoms with Gasteiger partial charge in [-0.2, -0.15) is 4.68 Å². The van der Waals surface area contributed by atoms with Crippen molar-refractivity contribution in [1.82, 2.24) is 25.5 Å². The molecule has 21 heavy (non-hydrogen) atoms. The lowest BCUT2D eigenvalue weighted by atomic mass is 9.87. The highest BCUT2D eigenvalue weighted by Gasteiger charge is 2.15. The minimum absolute atomic E-state index is 0.0346. The summed E-state index contributed by atoms with van der Waals surface area (Å²) in [6.07, 6.45) is 0. The standard InChI is InChI=1S/C16H25N5/c1-15(2,3)12-7-9-13(10-8-12)21-14(18-19-20-21)11-17-16(4,5)6/h7-10,17H,11H2,1-6H3. The van der Waals surface area contributed by atoms with Crippen LogP contribution in [0.15, 0.2) is 24.3 Å². The van der Waals surface area contributed by atoms with Crippen molar-refractivity contribution >= 4 is 0 Å². The summed E-state index contributed by atoms with van der Waals surface area (Å²) in [6, 6.07) is 8.41. The lowest BCUT2D eigenvalue weighted by Crippen LogP contribution is -2.35. The predicted octanol–water partition coefficient (Wildman–Crippen LogP) is 2.85. The first-order valence-corrected chi connectivity index (χ1v) is 7.30. The first-order chi connectivity index (χ1) is 9.67. The number of nitrogens with zero attached hydrogens (tertiary/aromatic N) is 4. The van der Waals surface area contributed by atoms with E-state index in [4.69, 9.17) is 0 Å². The van der Waals surface area contributed by atoms with E-state index < -0.39 is 0 Å². The molecule has 0 saturated carbocycles. The zero-order chi connectivity index (χ0) is 15.7. The lowest BCUT2D eigenvalue weighted by Gasteiger charge is -2.20. The fourth-order valence-corrected chi connectivity index (χ4v) is 1.96. The van der Waals surface area contributed by atoms with Gasteiger partial charge in [0, 0.05) is 5.54 Å². The predicted molar refractivity (Wildman–Crippen MR) is 84.4 cm³/mol. The monoisotopic (exact) mass is 287 g/mol. The Morgan fingerprint density at radius 2 is 1.62 bits per heavy atom. The molecule has 2 aromatic rings. The van der Waals surface area contributed by atoms with E-state index in [1.807, 2.05) is 0 Å². The molecule has 0 spiro atoms. The number of rotatable bonds is 3. The van der Waals surface area contributed by atoms with Gasteiger partial charge in [-0.25, -0.2) is 0 Å². The van der Waals surface area contributed by atoms with Gasteiger partial charge in [-0.1, -0.05) is 32.9 Å². The van der Waals surface area contributed by atoms with Crippen LogP contribution in [0.5, 0.6) is 0 Å². The number of aromatic nitrogens is 4. The molecule has 0 saturated heterocycles. The van der Waals surface area contributed by atoms with E-state index in [0.717, 1.165) is 11.5 Å². The molecule has 0 atom stereocenters. The van der Waals surface area contributed by atoms with E-state index in [2.05, 4.69) is 86.7 Å². The van der Waals surface area contributed by atoms with E-state index in [1.165, 1.54) is 5.56 Å². The number of benzene rings is 1. The van der Waals surface area contributed by atoms with Crippen LogP contribution in [-0.4, -0.2) is 25.7 Å². The van der Waals surface area contributed by atoms with Gasteiger partial charge < -0.3 is 5.32 Å². The molecule has 0 aliphatic carbocycles. The fraction of sp³-hybridized carbons (Fsp3) is 0.562. The van der Waals surface area contributed by atoms with Crippen molar-refractivity contribution in [1.29, 1.82) is 0 Å². The summed E-state index contributed by atoms with van der Waals surface area (Å²) in [4.78, 5) is 0. The van der Waals surface area contributed by atoms with Gasteiger partial charge >= 0.3 is 0 Å². The van der Waals surface area contributed by atoms with Gasteiger partial charge in [-0.3, -0.25) is 0 Å². The second kappa shape index (κ2) is 5.56. The van der Waals surface area contributed by atoms with Gasteiger partial charge in [0.05, 0.1) is 12.2 Å². The average Bonchev–Trinajstić information content (AvgIpc) is 2.83. The molecule has 1 aromatic carbocycles. The average molecular weight is 287 g/mol. The number of tetrazole rings is 1. The maximum absolute atomic E-state index is 4.11. The Balaban J connectivity index is 2.21. The summed E-state index contributed by atoms with van der Waals surface area (Å²) in [5, 5.41) is 15.4. The van der Waals surface area contributed by atoms with Crippen molar-refractivity contribution in [2.45, 2.75) is 59.0 Å². The molecule has 1 aromatic heterocycles. The van der Waals surface area contributed by atoms with Crippen LogP contribution in [0.3, 0.4) is 0 Å². The number of hydrogen-bond donors (Lipinski definition) is 1. The van der Waals surface area contributed by atoms with Gasteiger partial charge in [-0.15, -0.1) is 5.10 Å². The summed E-state index contributed by atoms with van der Waals surface area (Å²) in [6.45, 7) is 13.6. The molecular weight excluding hydrogens is 262 g/mol. The molecule has 0 aliphatic heterocycles. The van der Waals surface area contributed by atoms with Crippen LogP contribution in [0.4, 0.5) is 0 Å². The van der Waals surface area contributed by atoms with Crippen LogP contribution >= 0.6 is 0 Å². The topological polar surface area (TPSA) is 55.6 Å². The van der Waals surface area contributed by atoms with Crippen LogP contribution in [0.25, 0.3) is 5.69 Å². The summed E-state index contributed by atoms with van der Waals surface area (Å²) >= 11 is 0. The van der Waals surface area contributed by atoms with E-state index >= 15 is 0 Å². The van der Waals surface area contributed by atoms with Crippen molar-refractivity contribution in [3.8, 4) is 5.69 Å². The second-order valence-corrected chi connectivity index (χ2v) is 7.41. The third kappa shape index (κ3) is 4.11. The molecule has 5 nitrogen and oxygen atoms in total. The molecule has 0 bridgehead atoms. The first-order valence-electron chi connectivity index (χ1n) is 7.30. The minimum atomic E-state index is 0.0346. The van der Waals surface area contributed by atoms with Gasteiger partial charge in [0.25, 0.3) is 0 Å². The van der Waals surface area contributed by atoms with Crippen LogP contribution < -0.4 is 5.32 Å². The van der Waals surface area contributed by atoms with Crippen molar-refractivity contribution in [2.75, 3.05) is 0 Å². The van der Waals surface area contributed by atoms with Crippen LogP contribution in [0, 0.1) is 0 Å². The summed E-state index contributed by atoms with van der Waals surface area (Å²) < 4.78 is 1.78. The Morgan fingerprint density at radius 1 is 1.00 bits per heavy atom. The zero-order valence-electron chi connectivity index (χ0n) is 13.8. The summed E-state index contributed by atoms with van der Waals surface area (Å²) in [5.74, 6) is 0.813. The highest BCUT2D eigenvalue weighted by atomic mass is 15.5. The highest BCUT2D eigenvalue weighted by molar-refractivity contribution is 5.36. The third-order valence-corrected chi connectivity index (χ3v) is 3.29. The Labute approximate surface area is 126 Å². The highest BCUT2D eigenvalue weighted by Crippen LogP contribution is 2.23. The van der Waals surface area contributed by atoms with Gasteiger partial charge in [0.1, 0.15) is 0 Å². The van der Waals surface area contributed by atoms with Gasteiger partial charge in [0.2, 0.25) is 0 Å². The van der Waals surface area contributed by atoms with Crippen molar-refractivity contribution < 1.29 is 0 Å². The molecule has 114 valence electrons. The van der Waals surface area contributed by atoms with Crippen molar-refractivity contribution in [3.63, 3.8) is 0 Å². The van der Waals surface area contributed by atoms with Crippen molar-refractivity contribution in [2.24, 2.45) is 0 Å².